The largest absolute Gasteiger partial charge is 0.329 e. The van der Waals surface area contributed by atoms with Crippen molar-refractivity contribution in [3.8, 4) is 0 Å². The van der Waals surface area contributed by atoms with Gasteiger partial charge in [0.05, 0.1) is 6.17 Å². The maximum atomic E-state index is 5.57. The van der Waals surface area contributed by atoms with E-state index >= 15 is 0 Å². The number of rotatable bonds is 2. The van der Waals surface area contributed by atoms with Crippen LogP contribution in [0, 0.1) is 0 Å². The van der Waals surface area contributed by atoms with Gasteiger partial charge in [-0.1, -0.05) is 0 Å². The van der Waals surface area contributed by atoms with Crippen LogP contribution in [0.25, 0.3) is 0 Å². The van der Waals surface area contributed by atoms with E-state index in [9.17, 15) is 0 Å². The highest BCUT2D eigenvalue weighted by Crippen LogP contribution is 1.97. The molecule has 0 aromatic carbocycles. The van der Waals surface area contributed by atoms with Crippen LogP contribution >= 0.6 is 0 Å². The minimum atomic E-state index is 0.391. The van der Waals surface area contributed by atoms with Gasteiger partial charge in [-0.05, 0) is 14.1 Å². The summed E-state index contributed by atoms with van der Waals surface area (Å²) in [5.74, 6) is 0. The van der Waals surface area contributed by atoms with Crippen molar-refractivity contribution in [3.63, 3.8) is 0 Å². The second-order valence-electron chi connectivity index (χ2n) is 3.16. The monoisotopic (exact) mass is 158 g/mol. The minimum Gasteiger partial charge on any atom is -0.329 e. The van der Waals surface area contributed by atoms with Gasteiger partial charge < -0.3 is 16.0 Å². The smallest absolute Gasteiger partial charge is 0.0703 e. The third kappa shape index (κ3) is 2.41. The standard InChI is InChI=1S/C7H18N4/c1-9-7-5-11(2)4-6(3-8)10-7/h6-7,9-10H,3-5,8H2,1-2H3. The summed E-state index contributed by atoms with van der Waals surface area (Å²) < 4.78 is 0. The SMILES string of the molecule is CNC1CN(C)CC(CN)N1. The zero-order valence-electron chi connectivity index (χ0n) is 7.30. The quantitative estimate of drug-likeness (QED) is 0.453. The highest BCUT2D eigenvalue weighted by molar-refractivity contribution is 4.82. The van der Waals surface area contributed by atoms with Gasteiger partial charge in [-0.3, -0.25) is 5.32 Å². The van der Waals surface area contributed by atoms with Crippen molar-refractivity contribution >= 4 is 0 Å². The van der Waals surface area contributed by atoms with Crippen molar-refractivity contribution in [1.29, 1.82) is 0 Å². The Balaban J connectivity index is 2.37. The van der Waals surface area contributed by atoms with E-state index in [0.717, 1.165) is 13.1 Å². The van der Waals surface area contributed by atoms with Gasteiger partial charge in [-0.15, -0.1) is 0 Å². The predicted molar refractivity (Wildman–Crippen MR) is 46.3 cm³/mol. The first kappa shape index (κ1) is 8.93. The molecule has 0 bridgehead atoms. The van der Waals surface area contributed by atoms with Crippen molar-refractivity contribution in [2.24, 2.45) is 5.73 Å². The molecule has 11 heavy (non-hydrogen) atoms. The van der Waals surface area contributed by atoms with Crippen LogP contribution in [0.15, 0.2) is 0 Å². The van der Waals surface area contributed by atoms with Gasteiger partial charge in [-0.2, -0.15) is 0 Å². The zero-order valence-corrected chi connectivity index (χ0v) is 7.30. The molecule has 2 unspecified atom stereocenters. The molecular weight excluding hydrogens is 140 g/mol. The average Bonchev–Trinajstić information content (AvgIpc) is 2.03. The second-order valence-corrected chi connectivity index (χ2v) is 3.16. The fourth-order valence-corrected chi connectivity index (χ4v) is 1.47. The summed E-state index contributed by atoms with van der Waals surface area (Å²) in [6.45, 7) is 2.81. The lowest BCUT2D eigenvalue weighted by Gasteiger charge is -2.36. The van der Waals surface area contributed by atoms with Crippen LogP contribution in [0.1, 0.15) is 0 Å². The first-order valence-corrected chi connectivity index (χ1v) is 4.08. The number of hydrogen-bond acceptors (Lipinski definition) is 4. The highest BCUT2D eigenvalue weighted by atomic mass is 15.3. The fraction of sp³-hybridized carbons (Fsp3) is 1.00. The number of hydrogen-bond donors (Lipinski definition) is 3. The van der Waals surface area contributed by atoms with E-state index in [1.807, 2.05) is 7.05 Å². The Morgan fingerprint density at radius 2 is 2.36 bits per heavy atom. The maximum Gasteiger partial charge on any atom is 0.0703 e. The summed E-state index contributed by atoms with van der Waals surface area (Å²) >= 11 is 0. The molecule has 1 saturated heterocycles. The fourth-order valence-electron chi connectivity index (χ4n) is 1.47. The molecule has 0 aromatic rings. The van der Waals surface area contributed by atoms with Crippen molar-refractivity contribution in [3.05, 3.63) is 0 Å². The lowest BCUT2D eigenvalue weighted by molar-refractivity contribution is 0.179. The molecule has 4 N–H and O–H groups in total. The van der Waals surface area contributed by atoms with Crippen LogP contribution in [0.4, 0.5) is 0 Å². The molecule has 1 fully saturated rings. The molecule has 0 spiro atoms. The molecule has 0 radical (unpaired) electrons. The van der Waals surface area contributed by atoms with E-state index in [2.05, 4.69) is 22.6 Å². The molecule has 1 aliphatic rings. The van der Waals surface area contributed by atoms with Crippen molar-refractivity contribution in [2.45, 2.75) is 12.2 Å². The molecule has 0 saturated carbocycles. The van der Waals surface area contributed by atoms with E-state index in [-0.39, 0.29) is 0 Å². The Morgan fingerprint density at radius 3 is 2.91 bits per heavy atom. The van der Waals surface area contributed by atoms with Crippen molar-refractivity contribution < 1.29 is 0 Å². The Kier molecular flexibility index (Phi) is 3.26. The summed E-state index contributed by atoms with van der Waals surface area (Å²) in [4.78, 5) is 2.29. The molecule has 1 aliphatic heterocycles. The first-order valence-electron chi connectivity index (χ1n) is 4.08. The average molecular weight is 158 g/mol. The summed E-state index contributed by atoms with van der Waals surface area (Å²) in [5, 5.41) is 6.60. The van der Waals surface area contributed by atoms with Crippen LogP contribution in [0.5, 0.6) is 0 Å². The topological polar surface area (TPSA) is 53.3 Å². The number of piperazine rings is 1. The van der Waals surface area contributed by atoms with E-state index in [4.69, 9.17) is 5.73 Å². The number of nitrogens with one attached hydrogen (secondary N) is 2. The van der Waals surface area contributed by atoms with Crippen molar-refractivity contribution in [1.82, 2.24) is 15.5 Å². The molecule has 4 nitrogen and oxygen atoms in total. The van der Waals surface area contributed by atoms with Gasteiger partial charge in [-0.25, -0.2) is 0 Å². The zero-order chi connectivity index (χ0) is 8.27. The molecule has 1 rings (SSSR count). The molecule has 4 heteroatoms. The normalized spacial score (nSPS) is 34.1. The second kappa shape index (κ2) is 4.01. The molecular formula is C7H18N4. The first-order chi connectivity index (χ1) is 5.26. The number of nitrogens with two attached hydrogens (primary N) is 1. The third-order valence-electron chi connectivity index (χ3n) is 2.10. The van der Waals surface area contributed by atoms with Gasteiger partial charge >= 0.3 is 0 Å². The van der Waals surface area contributed by atoms with Crippen LogP contribution in [0.2, 0.25) is 0 Å². The van der Waals surface area contributed by atoms with Gasteiger partial charge in [0.25, 0.3) is 0 Å². The Bertz CT molecular complexity index is 105. The minimum absolute atomic E-state index is 0.391. The Hall–Kier alpha value is -0.160. The molecule has 0 aromatic heterocycles. The molecule has 0 amide bonds. The molecule has 66 valence electrons. The summed E-state index contributed by atoms with van der Waals surface area (Å²) in [5.41, 5.74) is 5.57. The summed E-state index contributed by atoms with van der Waals surface area (Å²) in [6, 6.07) is 0.436. The lowest BCUT2D eigenvalue weighted by atomic mass is 10.2. The van der Waals surface area contributed by atoms with E-state index in [0.29, 0.717) is 18.8 Å². The maximum absolute atomic E-state index is 5.57. The number of nitrogens with zero attached hydrogens (tertiary/aromatic N) is 1. The van der Waals surface area contributed by atoms with E-state index < -0.39 is 0 Å². The Labute approximate surface area is 68.1 Å². The van der Waals surface area contributed by atoms with E-state index in [1.54, 1.807) is 0 Å². The van der Waals surface area contributed by atoms with Gasteiger partial charge in [0.1, 0.15) is 0 Å². The third-order valence-corrected chi connectivity index (χ3v) is 2.10. The number of likely N-dealkylation sites (N-methyl/N-ethyl adjacent to an activating group) is 2. The van der Waals surface area contributed by atoms with E-state index in [1.165, 1.54) is 0 Å². The Morgan fingerprint density at radius 1 is 1.64 bits per heavy atom. The summed E-state index contributed by atoms with van der Waals surface area (Å²) in [7, 11) is 4.08. The molecule has 1 heterocycles. The van der Waals surface area contributed by atoms with Gasteiger partial charge in [0.15, 0.2) is 0 Å². The van der Waals surface area contributed by atoms with Crippen molar-refractivity contribution in [2.75, 3.05) is 33.7 Å². The van der Waals surface area contributed by atoms with Gasteiger partial charge in [0.2, 0.25) is 0 Å². The van der Waals surface area contributed by atoms with Crippen LogP contribution < -0.4 is 16.4 Å². The van der Waals surface area contributed by atoms with Gasteiger partial charge in [0, 0.05) is 25.7 Å². The van der Waals surface area contributed by atoms with Crippen LogP contribution in [0.3, 0.4) is 0 Å². The molecule has 2 atom stereocenters. The van der Waals surface area contributed by atoms with Crippen LogP contribution in [-0.2, 0) is 0 Å². The lowest BCUT2D eigenvalue weighted by Crippen LogP contribution is -2.61. The highest BCUT2D eigenvalue weighted by Gasteiger charge is 2.21. The summed E-state index contributed by atoms with van der Waals surface area (Å²) in [6.07, 6.45) is 0.391. The predicted octanol–water partition coefficient (Wildman–Crippen LogP) is -1.61. The molecule has 0 aliphatic carbocycles. The van der Waals surface area contributed by atoms with Crippen LogP contribution in [-0.4, -0.2) is 50.8 Å².